The van der Waals surface area contributed by atoms with Crippen molar-refractivity contribution in [2.75, 3.05) is 20.1 Å². The van der Waals surface area contributed by atoms with Crippen LogP contribution >= 0.6 is 0 Å². The van der Waals surface area contributed by atoms with Crippen LogP contribution in [0.1, 0.15) is 53.4 Å². The Morgan fingerprint density at radius 1 is 1.00 bits per heavy atom. The minimum Gasteiger partial charge on any atom is -0.307 e. The molecule has 0 aromatic rings. The highest BCUT2D eigenvalue weighted by molar-refractivity contribution is 4.58. The van der Waals surface area contributed by atoms with Gasteiger partial charge in [-0.05, 0) is 38.4 Å². The summed E-state index contributed by atoms with van der Waals surface area (Å²) in [6.07, 6.45) is 5.58. The Morgan fingerprint density at radius 2 is 1.64 bits per heavy atom. The van der Waals surface area contributed by atoms with Crippen LogP contribution < -0.4 is 0 Å². The van der Waals surface area contributed by atoms with Gasteiger partial charge in [-0.15, -0.1) is 0 Å². The minimum absolute atomic E-state index is 0.875. The molecule has 0 aromatic heterocycles. The maximum atomic E-state index is 2.40. The topological polar surface area (TPSA) is 3.24 Å². The molecule has 0 heterocycles. The summed E-state index contributed by atoms with van der Waals surface area (Å²) in [7, 11) is 2.21. The fourth-order valence-electron chi connectivity index (χ4n) is 1.62. The van der Waals surface area contributed by atoms with Crippen LogP contribution in [-0.2, 0) is 0 Å². The second-order valence-corrected chi connectivity index (χ2v) is 5.11. The van der Waals surface area contributed by atoms with E-state index >= 15 is 0 Å². The fraction of sp³-hybridized carbons (Fsp3) is 1.00. The number of hydrogen-bond donors (Lipinski definition) is 0. The highest BCUT2D eigenvalue weighted by Gasteiger charge is 2.04. The molecule has 86 valence electrons. The predicted molar refractivity (Wildman–Crippen MR) is 65.6 cm³/mol. The van der Waals surface area contributed by atoms with Crippen LogP contribution in [0.15, 0.2) is 0 Å². The summed E-state index contributed by atoms with van der Waals surface area (Å²) in [5, 5.41) is 0. The Kier molecular flexibility index (Phi) is 8.26. The van der Waals surface area contributed by atoms with E-state index in [0.717, 1.165) is 11.8 Å². The van der Waals surface area contributed by atoms with Crippen LogP contribution in [-0.4, -0.2) is 25.0 Å². The van der Waals surface area contributed by atoms with Gasteiger partial charge >= 0.3 is 0 Å². The average Bonchev–Trinajstić information content (AvgIpc) is 2.13. The van der Waals surface area contributed by atoms with E-state index in [4.69, 9.17) is 0 Å². The molecule has 0 aliphatic carbocycles. The molecule has 0 fully saturated rings. The van der Waals surface area contributed by atoms with Crippen molar-refractivity contribution < 1.29 is 0 Å². The van der Waals surface area contributed by atoms with Crippen molar-refractivity contribution in [3.8, 4) is 0 Å². The molecule has 0 aliphatic rings. The third-order valence-electron chi connectivity index (χ3n) is 3.02. The molecule has 0 radical (unpaired) electrons. The Labute approximate surface area is 90.9 Å². The first-order chi connectivity index (χ1) is 6.56. The predicted octanol–water partition coefficient (Wildman–Crippen LogP) is 3.79. The number of hydrogen-bond acceptors (Lipinski definition) is 1. The van der Waals surface area contributed by atoms with E-state index in [1.807, 2.05) is 0 Å². The van der Waals surface area contributed by atoms with Gasteiger partial charge in [-0.3, -0.25) is 0 Å². The van der Waals surface area contributed by atoms with Crippen LogP contribution in [0.2, 0.25) is 0 Å². The molecule has 1 heteroatoms. The molecule has 0 aromatic carbocycles. The minimum atomic E-state index is 0.875. The molecule has 0 spiro atoms. The first kappa shape index (κ1) is 14.0. The van der Waals surface area contributed by atoms with Crippen LogP contribution in [0.5, 0.6) is 0 Å². The molecule has 0 N–H and O–H groups in total. The molecule has 0 amide bonds. The van der Waals surface area contributed by atoms with E-state index < -0.39 is 0 Å². The zero-order chi connectivity index (χ0) is 11.0. The van der Waals surface area contributed by atoms with Crippen molar-refractivity contribution in [3.63, 3.8) is 0 Å². The van der Waals surface area contributed by atoms with Gasteiger partial charge < -0.3 is 4.90 Å². The van der Waals surface area contributed by atoms with Gasteiger partial charge in [0.15, 0.2) is 0 Å². The van der Waals surface area contributed by atoms with Crippen LogP contribution in [0.4, 0.5) is 0 Å². The summed E-state index contributed by atoms with van der Waals surface area (Å²) >= 11 is 0. The van der Waals surface area contributed by atoms with E-state index in [1.165, 1.54) is 38.8 Å². The summed E-state index contributed by atoms with van der Waals surface area (Å²) < 4.78 is 0. The van der Waals surface area contributed by atoms with E-state index in [-0.39, 0.29) is 0 Å². The first-order valence-electron chi connectivity index (χ1n) is 6.24. The molecule has 0 rings (SSSR count). The van der Waals surface area contributed by atoms with Crippen LogP contribution in [0.3, 0.4) is 0 Å². The van der Waals surface area contributed by atoms with Gasteiger partial charge in [0.25, 0.3) is 0 Å². The maximum Gasteiger partial charge on any atom is -0.00194 e. The lowest BCUT2D eigenvalue weighted by atomic mass is 9.97. The van der Waals surface area contributed by atoms with Crippen molar-refractivity contribution in [3.05, 3.63) is 0 Å². The lowest BCUT2D eigenvalue weighted by Gasteiger charge is -2.17. The lowest BCUT2D eigenvalue weighted by Crippen LogP contribution is -2.20. The van der Waals surface area contributed by atoms with Crippen LogP contribution in [0.25, 0.3) is 0 Å². The Hall–Kier alpha value is -0.0400. The lowest BCUT2D eigenvalue weighted by molar-refractivity contribution is 0.309. The molecule has 0 saturated heterocycles. The summed E-state index contributed by atoms with van der Waals surface area (Å²) in [5.74, 6) is 1.78. The molecule has 1 atom stereocenters. The fourth-order valence-corrected chi connectivity index (χ4v) is 1.62. The van der Waals surface area contributed by atoms with Gasteiger partial charge in [0.2, 0.25) is 0 Å². The van der Waals surface area contributed by atoms with E-state index in [0.29, 0.717) is 0 Å². The second kappa shape index (κ2) is 8.28. The smallest absolute Gasteiger partial charge is 0.00194 e. The number of rotatable bonds is 8. The Bertz CT molecular complexity index is 120. The van der Waals surface area contributed by atoms with Gasteiger partial charge in [-0.25, -0.2) is 0 Å². The van der Waals surface area contributed by atoms with Gasteiger partial charge in [0.1, 0.15) is 0 Å². The first-order valence-corrected chi connectivity index (χ1v) is 6.24. The number of nitrogens with zero attached hydrogens (tertiary/aromatic N) is 1. The van der Waals surface area contributed by atoms with Crippen molar-refractivity contribution in [2.24, 2.45) is 11.8 Å². The normalized spacial score (nSPS) is 13.9. The van der Waals surface area contributed by atoms with Crippen molar-refractivity contribution in [2.45, 2.75) is 53.4 Å². The highest BCUT2D eigenvalue weighted by atomic mass is 15.1. The molecular formula is C13H29N. The molecule has 0 aliphatic heterocycles. The molecular weight excluding hydrogens is 170 g/mol. The van der Waals surface area contributed by atoms with Gasteiger partial charge in [-0.1, -0.05) is 47.0 Å². The molecule has 14 heavy (non-hydrogen) atoms. The summed E-state index contributed by atoms with van der Waals surface area (Å²) in [6.45, 7) is 11.7. The van der Waals surface area contributed by atoms with Gasteiger partial charge in [0, 0.05) is 0 Å². The van der Waals surface area contributed by atoms with Crippen molar-refractivity contribution >= 4 is 0 Å². The third-order valence-corrected chi connectivity index (χ3v) is 3.02. The second-order valence-electron chi connectivity index (χ2n) is 5.11. The third kappa shape index (κ3) is 8.55. The molecule has 0 bridgehead atoms. The molecule has 0 saturated carbocycles. The standard InChI is InChI=1S/C13H29N/c1-6-14(5)11-10-13(4)9-7-8-12(2)3/h12-13H,6-11H2,1-5H3. The quantitative estimate of drug-likeness (QED) is 0.575. The average molecular weight is 199 g/mol. The summed E-state index contributed by atoms with van der Waals surface area (Å²) in [6, 6.07) is 0. The SMILES string of the molecule is CCN(C)CCC(C)CCCC(C)C. The van der Waals surface area contributed by atoms with E-state index in [2.05, 4.69) is 39.6 Å². The highest BCUT2D eigenvalue weighted by Crippen LogP contribution is 2.15. The van der Waals surface area contributed by atoms with Gasteiger partial charge in [-0.2, -0.15) is 0 Å². The molecule has 1 unspecified atom stereocenters. The maximum absolute atomic E-state index is 2.40. The monoisotopic (exact) mass is 199 g/mol. The largest absolute Gasteiger partial charge is 0.307 e. The van der Waals surface area contributed by atoms with Crippen LogP contribution in [0, 0.1) is 11.8 Å². The van der Waals surface area contributed by atoms with Crippen molar-refractivity contribution in [1.82, 2.24) is 4.90 Å². The van der Waals surface area contributed by atoms with E-state index in [9.17, 15) is 0 Å². The van der Waals surface area contributed by atoms with Crippen molar-refractivity contribution in [1.29, 1.82) is 0 Å². The Balaban J connectivity index is 3.32. The summed E-state index contributed by atoms with van der Waals surface area (Å²) in [4.78, 5) is 2.40. The summed E-state index contributed by atoms with van der Waals surface area (Å²) in [5.41, 5.74) is 0. The Morgan fingerprint density at radius 3 is 2.14 bits per heavy atom. The molecule has 1 nitrogen and oxygen atoms in total. The van der Waals surface area contributed by atoms with Gasteiger partial charge in [0.05, 0.1) is 0 Å². The van der Waals surface area contributed by atoms with E-state index in [1.54, 1.807) is 0 Å². The zero-order valence-electron chi connectivity index (χ0n) is 10.8. The zero-order valence-corrected chi connectivity index (χ0v) is 10.8.